The standard InChI is InChI=1S/C15H14ClNO5S2/c16-10-4-3-9(8-12(10)24-22)15(21)23-7-5-13(18)17-6-1-2-11(17)14(19)20/h3-4,8,11H,1-2,5-7H2/p+1/t11-/m0/s1. The van der Waals surface area contributed by atoms with Crippen LogP contribution in [0.4, 0.5) is 0 Å². The van der Waals surface area contributed by atoms with Gasteiger partial charge in [-0.2, -0.15) is 0 Å². The Labute approximate surface area is 152 Å². The highest BCUT2D eigenvalue weighted by molar-refractivity contribution is 8.14. The Hall–Kier alpha value is -1.51. The molecule has 0 radical (unpaired) electrons. The Balaban J connectivity index is 1.87. The fourth-order valence-electron chi connectivity index (χ4n) is 2.47. The van der Waals surface area contributed by atoms with Crippen molar-refractivity contribution in [2.45, 2.75) is 30.2 Å². The SMILES string of the molecule is O=[S+]c1cc(C(=O)SCCC(=O)N2CCC[C@H]2C(=O)O)ccc1Cl. The molecule has 1 aliphatic rings. The van der Waals surface area contributed by atoms with Crippen LogP contribution in [-0.4, -0.2) is 45.3 Å². The molecule has 0 spiro atoms. The maximum absolute atomic E-state index is 12.1. The molecule has 1 aromatic carbocycles. The van der Waals surface area contributed by atoms with Gasteiger partial charge < -0.3 is 10.0 Å². The summed E-state index contributed by atoms with van der Waals surface area (Å²) in [6.07, 6.45) is 1.24. The molecule has 0 bridgehead atoms. The van der Waals surface area contributed by atoms with E-state index in [1.807, 2.05) is 0 Å². The van der Waals surface area contributed by atoms with Crippen LogP contribution in [0.5, 0.6) is 0 Å². The molecule has 1 aliphatic heterocycles. The van der Waals surface area contributed by atoms with Crippen LogP contribution in [0, 0.1) is 0 Å². The maximum atomic E-state index is 12.1. The lowest BCUT2D eigenvalue weighted by atomic mass is 10.2. The molecule has 1 fully saturated rings. The summed E-state index contributed by atoms with van der Waals surface area (Å²) < 4.78 is 10.9. The molecule has 1 atom stereocenters. The van der Waals surface area contributed by atoms with E-state index in [1.54, 1.807) is 0 Å². The van der Waals surface area contributed by atoms with Crippen molar-refractivity contribution in [3.05, 3.63) is 28.8 Å². The third-order valence-electron chi connectivity index (χ3n) is 3.66. The number of carbonyl (C=O) groups is 3. The summed E-state index contributed by atoms with van der Waals surface area (Å²) in [5.41, 5.74) is 0.347. The summed E-state index contributed by atoms with van der Waals surface area (Å²) in [7, 11) is 0. The minimum atomic E-state index is -0.992. The van der Waals surface area contributed by atoms with Crippen LogP contribution in [0.15, 0.2) is 23.1 Å². The highest BCUT2D eigenvalue weighted by Gasteiger charge is 2.33. The fourth-order valence-corrected chi connectivity index (χ4v) is 3.76. The van der Waals surface area contributed by atoms with Gasteiger partial charge in [0.1, 0.15) is 11.1 Å². The first-order valence-electron chi connectivity index (χ1n) is 7.23. The molecule has 1 heterocycles. The molecule has 0 unspecified atom stereocenters. The summed E-state index contributed by atoms with van der Waals surface area (Å²) in [6, 6.07) is 3.69. The normalized spacial score (nSPS) is 16.9. The third-order valence-corrected chi connectivity index (χ3v) is 5.53. The Morgan fingerprint density at radius 2 is 2.12 bits per heavy atom. The van der Waals surface area contributed by atoms with Crippen LogP contribution in [0.25, 0.3) is 0 Å². The second-order valence-electron chi connectivity index (χ2n) is 5.20. The van der Waals surface area contributed by atoms with Gasteiger partial charge >= 0.3 is 22.5 Å². The van der Waals surface area contributed by atoms with Gasteiger partial charge in [0.25, 0.3) is 0 Å². The zero-order valence-electron chi connectivity index (χ0n) is 12.6. The minimum absolute atomic E-state index is 0.0942. The molecule has 2 rings (SSSR count). The number of hydrogen-bond acceptors (Lipinski definition) is 5. The fraction of sp³-hybridized carbons (Fsp3) is 0.400. The average Bonchev–Trinajstić information content (AvgIpc) is 3.05. The summed E-state index contributed by atoms with van der Waals surface area (Å²) >= 11 is 7.00. The number of thioether (sulfide) groups is 1. The number of benzene rings is 1. The van der Waals surface area contributed by atoms with Crippen molar-refractivity contribution in [2.24, 2.45) is 0 Å². The first-order chi connectivity index (χ1) is 11.4. The molecule has 1 N–H and O–H groups in total. The number of hydrogen-bond donors (Lipinski definition) is 1. The van der Waals surface area contributed by atoms with Crippen molar-refractivity contribution < 1.29 is 23.7 Å². The zero-order chi connectivity index (χ0) is 17.7. The van der Waals surface area contributed by atoms with Gasteiger partial charge in [-0.25, -0.2) is 4.79 Å². The maximum Gasteiger partial charge on any atom is 0.506 e. The topological polar surface area (TPSA) is 91.8 Å². The number of carboxylic acid groups (broad SMARTS) is 1. The second kappa shape index (κ2) is 8.55. The largest absolute Gasteiger partial charge is 0.506 e. The van der Waals surface area contributed by atoms with Crippen molar-refractivity contribution in [2.75, 3.05) is 12.3 Å². The van der Waals surface area contributed by atoms with Crippen LogP contribution in [0.3, 0.4) is 0 Å². The molecule has 0 saturated carbocycles. The van der Waals surface area contributed by atoms with Crippen LogP contribution in [-0.2, 0) is 25.5 Å². The summed E-state index contributed by atoms with van der Waals surface area (Å²) in [4.78, 5) is 36.9. The Morgan fingerprint density at radius 1 is 1.38 bits per heavy atom. The van der Waals surface area contributed by atoms with Gasteiger partial charge in [-0.3, -0.25) is 9.59 Å². The number of carboxylic acids is 1. The monoisotopic (exact) mass is 388 g/mol. The van der Waals surface area contributed by atoms with Crippen LogP contribution in [0.2, 0.25) is 5.02 Å². The number of amides is 1. The number of aliphatic carboxylic acids is 1. The molecule has 1 saturated heterocycles. The van der Waals surface area contributed by atoms with Gasteiger partial charge in [0, 0.05) is 34.6 Å². The van der Waals surface area contributed by atoms with Crippen LogP contribution < -0.4 is 0 Å². The van der Waals surface area contributed by atoms with Gasteiger partial charge in [-0.1, -0.05) is 23.4 Å². The van der Waals surface area contributed by atoms with Crippen molar-refractivity contribution >= 4 is 52.0 Å². The van der Waals surface area contributed by atoms with Gasteiger partial charge in [0.2, 0.25) is 11.0 Å². The second-order valence-corrected chi connectivity index (χ2v) is 7.28. The van der Waals surface area contributed by atoms with Gasteiger partial charge in [-0.05, 0) is 25.0 Å². The van der Waals surface area contributed by atoms with E-state index in [1.165, 1.54) is 23.1 Å². The number of nitrogens with zero attached hydrogens (tertiary/aromatic N) is 1. The highest BCUT2D eigenvalue weighted by Crippen LogP contribution is 2.23. The van der Waals surface area contributed by atoms with E-state index in [2.05, 4.69) is 0 Å². The lowest BCUT2D eigenvalue weighted by molar-refractivity contribution is -0.148. The zero-order valence-corrected chi connectivity index (χ0v) is 15.0. The van der Waals surface area contributed by atoms with Crippen molar-refractivity contribution in [3.63, 3.8) is 0 Å². The smallest absolute Gasteiger partial charge is 0.480 e. The molecule has 128 valence electrons. The summed E-state index contributed by atoms with van der Waals surface area (Å²) in [5.74, 6) is -0.997. The van der Waals surface area contributed by atoms with Crippen LogP contribution in [0.1, 0.15) is 29.6 Å². The molecule has 0 aliphatic carbocycles. The first-order valence-corrected chi connectivity index (χ1v) is 9.33. The van der Waals surface area contributed by atoms with Gasteiger partial charge in [-0.15, -0.1) is 0 Å². The number of likely N-dealkylation sites (tertiary alicyclic amines) is 1. The summed E-state index contributed by atoms with van der Waals surface area (Å²) in [5, 5.41) is 9.11. The van der Waals surface area contributed by atoms with E-state index in [0.717, 1.165) is 11.8 Å². The van der Waals surface area contributed by atoms with Crippen LogP contribution >= 0.6 is 23.4 Å². The molecule has 24 heavy (non-hydrogen) atoms. The number of carbonyl (C=O) groups excluding carboxylic acids is 2. The van der Waals surface area contributed by atoms with Crippen molar-refractivity contribution in [1.82, 2.24) is 4.90 Å². The van der Waals surface area contributed by atoms with E-state index < -0.39 is 12.0 Å². The molecule has 1 aromatic rings. The van der Waals surface area contributed by atoms with E-state index in [-0.39, 0.29) is 39.8 Å². The molecule has 0 aromatic heterocycles. The highest BCUT2D eigenvalue weighted by atomic mass is 35.5. The molecule has 9 heteroatoms. The first kappa shape index (κ1) is 18.8. The predicted octanol–water partition coefficient (Wildman–Crippen LogP) is 2.47. The van der Waals surface area contributed by atoms with Crippen molar-refractivity contribution in [1.29, 1.82) is 0 Å². The minimum Gasteiger partial charge on any atom is -0.480 e. The van der Waals surface area contributed by atoms with E-state index in [0.29, 0.717) is 30.0 Å². The van der Waals surface area contributed by atoms with Gasteiger partial charge in [0.15, 0.2) is 0 Å². The van der Waals surface area contributed by atoms with E-state index >= 15 is 0 Å². The molecule has 6 nitrogen and oxygen atoms in total. The molecular formula is C15H15ClNO5S2+. The Kier molecular flexibility index (Phi) is 6.70. The Bertz CT molecular complexity index is 682. The third kappa shape index (κ3) is 4.52. The quantitative estimate of drug-likeness (QED) is 0.752. The Morgan fingerprint density at radius 3 is 2.79 bits per heavy atom. The lowest BCUT2D eigenvalue weighted by Gasteiger charge is -2.21. The van der Waals surface area contributed by atoms with Crippen molar-refractivity contribution in [3.8, 4) is 0 Å². The predicted molar refractivity (Wildman–Crippen MR) is 91.5 cm³/mol. The lowest BCUT2D eigenvalue weighted by Crippen LogP contribution is -2.40. The van der Waals surface area contributed by atoms with E-state index in [9.17, 15) is 18.6 Å². The molecular weight excluding hydrogens is 374 g/mol. The summed E-state index contributed by atoms with van der Waals surface area (Å²) in [6.45, 7) is 0.440. The van der Waals surface area contributed by atoms with Gasteiger partial charge in [0.05, 0.1) is 0 Å². The van der Waals surface area contributed by atoms with E-state index in [4.69, 9.17) is 16.7 Å². The number of halogens is 1. The number of rotatable bonds is 6. The molecule has 1 amide bonds. The average molecular weight is 389 g/mol.